The normalized spacial score (nSPS) is 22.7. The van der Waals surface area contributed by atoms with Crippen molar-refractivity contribution < 1.29 is 14.6 Å². The molecule has 0 radical (unpaired) electrons. The molecule has 3 aromatic rings. The third-order valence-corrected chi connectivity index (χ3v) is 5.43. The van der Waals surface area contributed by atoms with Crippen molar-refractivity contribution in [3.63, 3.8) is 0 Å². The van der Waals surface area contributed by atoms with Crippen LogP contribution in [0.4, 0.5) is 4.39 Å². The summed E-state index contributed by atoms with van der Waals surface area (Å²) in [5.41, 5.74) is 1.86. The Kier molecular flexibility index (Phi) is 4.76. The van der Waals surface area contributed by atoms with Crippen molar-refractivity contribution in [1.82, 2.24) is 9.78 Å². The molecule has 0 unspecified atom stereocenters. The molecule has 1 fully saturated rings. The van der Waals surface area contributed by atoms with Crippen LogP contribution in [0, 0.1) is 5.82 Å². The summed E-state index contributed by atoms with van der Waals surface area (Å²) in [4.78, 5) is 0. The molecule has 4 nitrogen and oxygen atoms in total. The standard InChI is InChI=1S/C21H20ClFN2O2/c22-15-3-1-14(2-4-15)19-13-20(21(27)11-9-18(26)10-12-21)24-25(19)17-7-5-16(23)6-8-17/h1-8,13,18,26-27H,9-12H2. The highest BCUT2D eigenvalue weighted by Crippen LogP contribution is 2.38. The molecule has 0 amide bonds. The quantitative estimate of drug-likeness (QED) is 0.699. The van der Waals surface area contributed by atoms with Gasteiger partial charge in [-0.3, -0.25) is 0 Å². The molecule has 2 aromatic carbocycles. The van der Waals surface area contributed by atoms with E-state index in [1.54, 1.807) is 28.9 Å². The van der Waals surface area contributed by atoms with E-state index in [1.807, 2.05) is 18.2 Å². The van der Waals surface area contributed by atoms with Crippen LogP contribution in [0.5, 0.6) is 0 Å². The number of aromatic nitrogens is 2. The van der Waals surface area contributed by atoms with Crippen molar-refractivity contribution in [1.29, 1.82) is 0 Å². The lowest BCUT2D eigenvalue weighted by Gasteiger charge is -2.32. The molecule has 27 heavy (non-hydrogen) atoms. The van der Waals surface area contributed by atoms with E-state index < -0.39 is 5.60 Å². The fraction of sp³-hybridized carbons (Fsp3) is 0.286. The first kappa shape index (κ1) is 18.2. The Morgan fingerprint density at radius 1 is 1.04 bits per heavy atom. The predicted molar refractivity (Wildman–Crippen MR) is 102 cm³/mol. The number of halogens is 2. The highest BCUT2D eigenvalue weighted by atomic mass is 35.5. The Labute approximate surface area is 161 Å². The molecule has 0 bridgehead atoms. The van der Waals surface area contributed by atoms with Gasteiger partial charge in [0.05, 0.1) is 23.2 Å². The van der Waals surface area contributed by atoms with Crippen molar-refractivity contribution in [2.45, 2.75) is 37.4 Å². The maximum Gasteiger partial charge on any atom is 0.123 e. The van der Waals surface area contributed by atoms with Crippen molar-refractivity contribution in [3.8, 4) is 16.9 Å². The molecule has 6 heteroatoms. The number of rotatable bonds is 3. The molecular formula is C21H20ClFN2O2. The highest BCUT2D eigenvalue weighted by molar-refractivity contribution is 6.30. The third kappa shape index (κ3) is 3.63. The molecule has 0 saturated heterocycles. The van der Waals surface area contributed by atoms with Gasteiger partial charge < -0.3 is 10.2 Å². The minimum absolute atomic E-state index is 0.320. The predicted octanol–water partition coefficient (Wildman–Crippen LogP) is 4.45. The maximum atomic E-state index is 13.4. The molecule has 0 atom stereocenters. The van der Waals surface area contributed by atoms with Gasteiger partial charge in [0.25, 0.3) is 0 Å². The Hall–Kier alpha value is -2.21. The largest absolute Gasteiger partial charge is 0.393 e. The fourth-order valence-electron chi connectivity index (χ4n) is 3.55. The molecular weight excluding hydrogens is 367 g/mol. The van der Waals surface area contributed by atoms with Crippen LogP contribution < -0.4 is 0 Å². The second-order valence-electron chi connectivity index (χ2n) is 7.07. The molecule has 4 rings (SSSR count). The van der Waals surface area contributed by atoms with Gasteiger partial charge in [-0.25, -0.2) is 9.07 Å². The zero-order valence-electron chi connectivity index (χ0n) is 14.6. The molecule has 2 N–H and O–H groups in total. The van der Waals surface area contributed by atoms with E-state index in [-0.39, 0.29) is 11.9 Å². The zero-order valence-corrected chi connectivity index (χ0v) is 15.4. The van der Waals surface area contributed by atoms with E-state index in [2.05, 4.69) is 5.10 Å². The van der Waals surface area contributed by atoms with Crippen LogP contribution in [0.15, 0.2) is 54.6 Å². The maximum absolute atomic E-state index is 13.4. The topological polar surface area (TPSA) is 58.3 Å². The number of nitrogens with zero attached hydrogens (tertiary/aromatic N) is 2. The Morgan fingerprint density at radius 3 is 2.30 bits per heavy atom. The third-order valence-electron chi connectivity index (χ3n) is 5.18. The molecule has 0 spiro atoms. The molecule has 140 valence electrons. The van der Waals surface area contributed by atoms with Crippen molar-refractivity contribution >= 4 is 11.6 Å². The van der Waals surface area contributed by atoms with E-state index in [4.69, 9.17) is 11.6 Å². The molecule has 1 aliphatic rings. The van der Waals surface area contributed by atoms with Crippen molar-refractivity contribution in [2.75, 3.05) is 0 Å². The molecule has 1 aromatic heterocycles. The van der Waals surface area contributed by atoms with Gasteiger partial charge in [-0.15, -0.1) is 0 Å². The summed E-state index contributed by atoms with van der Waals surface area (Å²) in [6.45, 7) is 0. The monoisotopic (exact) mass is 386 g/mol. The van der Waals surface area contributed by atoms with E-state index in [0.717, 1.165) is 11.3 Å². The smallest absolute Gasteiger partial charge is 0.123 e. The van der Waals surface area contributed by atoms with Crippen LogP contribution in [0.2, 0.25) is 5.02 Å². The Balaban J connectivity index is 1.82. The summed E-state index contributed by atoms with van der Waals surface area (Å²) in [5, 5.41) is 26.2. The van der Waals surface area contributed by atoms with Gasteiger partial charge >= 0.3 is 0 Å². The number of benzene rings is 2. The van der Waals surface area contributed by atoms with Gasteiger partial charge in [-0.05, 0) is 68.1 Å². The van der Waals surface area contributed by atoms with E-state index in [0.29, 0.717) is 42.1 Å². The van der Waals surface area contributed by atoms with E-state index in [9.17, 15) is 14.6 Å². The van der Waals surface area contributed by atoms with E-state index >= 15 is 0 Å². The first-order valence-corrected chi connectivity index (χ1v) is 9.35. The van der Waals surface area contributed by atoms with Gasteiger partial charge in [-0.2, -0.15) is 5.10 Å². The Morgan fingerprint density at radius 2 is 1.67 bits per heavy atom. The van der Waals surface area contributed by atoms with Crippen LogP contribution in [0.25, 0.3) is 16.9 Å². The van der Waals surface area contributed by atoms with Gasteiger partial charge in [0.15, 0.2) is 0 Å². The summed E-state index contributed by atoms with van der Waals surface area (Å²) >= 11 is 6.01. The summed E-state index contributed by atoms with van der Waals surface area (Å²) in [6, 6.07) is 15.3. The van der Waals surface area contributed by atoms with Crippen molar-refractivity contribution in [2.24, 2.45) is 0 Å². The van der Waals surface area contributed by atoms with Crippen LogP contribution in [0.1, 0.15) is 31.4 Å². The second kappa shape index (κ2) is 7.08. The molecule has 1 saturated carbocycles. The zero-order chi connectivity index (χ0) is 19.0. The number of aliphatic hydroxyl groups excluding tert-OH is 1. The van der Waals surface area contributed by atoms with E-state index in [1.165, 1.54) is 12.1 Å². The first-order valence-electron chi connectivity index (χ1n) is 8.97. The second-order valence-corrected chi connectivity index (χ2v) is 7.51. The number of hydrogen-bond donors (Lipinski definition) is 2. The lowest BCUT2D eigenvalue weighted by molar-refractivity contribution is -0.0393. The summed E-state index contributed by atoms with van der Waals surface area (Å²) in [7, 11) is 0. The van der Waals surface area contributed by atoms with Gasteiger partial charge in [-0.1, -0.05) is 23.7 Å². The van der Waals surface area contributed by atoms with Crippen LogP contribution in [-0.2, 0) is 5.60 Å². The van der Waals surface area contributed by atoms with Crippen LogP contribution >= 0.6 is 11.6 Å². The first-order chi connectivity index (χ1) is 12.9. The van der Waals surface area contributed by atoms with Crippen LogP contribution in [0.3, 0.4) is 0 Å². The molecule has 1 heterocycles. The fourth-order valence-corrected chi connectivity index (χ4v) is 3.68. The van der Waals surface area contributed by atoms with Crippen molar-refractivity contribution in [3.05, 3.63) is 71.1 Å². The average Bonchev–Trinajstić information content (AvgIpc) is 3.12. The SMILES string of the molecule is OC1CCC(O)(c2cc(-c3ccc(Cl)cc3)n(-c3ccc(F)cc3)n2)CC1. The highest BCUT2D eigenvalue weighted by Gasteiger charge is 2.37. The number of hydrogen-bond acceptors (Lipinski definition) is 3. The minimum atomic E-state index is -1.08. The van der Waals surface area contributed by atoms with Gasteiger partial charge in [0, 0.05) is 10.6 Å². The Bertz CT molecular complexity index is 867. The lowest BCUT2D eigenvalue weighted by Crippen LogP contribution is -2.33. The minimum Gasteiger partial charge on any atom is -0.393 e. The number of aliphatic hydroxyl groups is 2. The van der Waals surface area contributed by atoms with Gasteiger partial charge in [0.1, 0.15) is 11.4 Å². The molecule has 0 aliphatic heterocycles. The molecule has 1 aliphatic carbocycles. The average molecular weight is 387 g/mol. The summed E-state index contributed by atoms with van der Waals surface area (Å²) < 4.78 is 15.1. The summed E-state index contributed by atoms with van der Waals surface area (Å²) in [5.74, 6) is -0.320. The summed E-state index contributed by atoms with van der Waals surface area (Å²) in [6.07, 6.45) is 1.61. The van der Waals surface area contributed by atoms with Crippen LogP contribution in [-0.4, -0.2) is 26.1 Å². The van der Waals surface area contributed by atoms with Gasteiger partial charge in [0.2, 0.25) is 0 Å². The lowest BCUT2D eigenvalue weighted by atomic mass is 9.81.